The van der Waals surface area contributed by atoms with E-state index in [2.05, 4.69) is 12.2 Å². The Kier molecular flexibility index (Phi) is 3.97. The number of halogens is 2. The standard InChI is InChI=1S/C13H16F2N2O2/c1-8-3-2-4-9(8)7-16-12-6-10(14)5-11(15)13(12)17(18)19/h5-6,8-9,16H,2-4,7H2,1H3. The second-order valence-electron chi connectivity index (χ2n) is 5.09. The summed E-state index contributed by atoms with van der Waals surface area (Å²) >= 11 is 0. The summed E-state index contributed by atoms with van der Waals surface area (Å²) in [5.41, 5.74) is -0.770. The van der Waals surface area contributed by atoms with Crippen LogP contribution in [-0.2, 0) is 0 Å². The lowest BCUT2D eigenvalue weighted by Gasteiger charge is -2.16. The Bertz CT molecular complexity index is 494. The van der Waals surface area contributed by atoms with Crippen LogP contribution in [-0.4, -0.2) is 11.5 Å². The summed E-state index contributed by atoms with van der Waals surface area (Å²) in [5.74, 6) is -1.03. The average Bonchev–Trinajstić information content (AvgIpc) is 2.70. The lowest BCUT2D eigenvalue weighted by molar-refractivity contribution is -0.386. The number of anilines is 1. The summed E-state index contributed by atoms with van der Waals surface area (Å²) in [6.45, 7) is 2.63. The van der Waals surface area contributed by atoms with E-state index in [1.165, 1.54) is 0 Å². The van der Waals surface area contributed by atoms with E-state index in [0.29, 0.717) is 24.4 Å². The Morgan fingerprint density at radius 2 is 2.16 bits per heavy atom. The van der Waals surface area contributed by atoms with Crippen LogP contribution in [0.15, 0.2) is 12.1 Å². The smallest absolute Gasteiger partial charge is 0.327 e. The van der Waals surface area contributed by atoms with Gasteiger partial charge < -0.3 is 5.32 Å². The molecule has 0 bridgehead atoms. The molecule has 2 unspecified atom stereocenters. The van der Waals surface area contributed by atoms with Gasteiger partial charge in [0.1, 0.15) is 11.5 Å². The minimum atomic E-state index is -1.15. The largest absolute Gasteiger partial charge is 0.379 e. The minimum Gasteiger partial charge on any atom is -0.379 e. The van der Waals surface area contributed by atoms with Crippen molar-refractivity contribution in [1.82, 2.24) is 0 Å². The third kappa shape index (κ3) is 3.00. The molecule has 1 saturated carbocycles. The Labute approximate surface area is 110 Å². The molecule has 0 heterocycles. The van der Waals surface area contributed by atoms with Crippen LogP contribution in [0.1, 0.15) is 26.2 Å². The van der Waals surface area contributed by atoms with Crippen LogP contribution in [0, 0.1) is 33.6 Å². The molecule has 0 aliphatic heterocycles. The molecule has 1 aromatic carbocycles. The molecule has 0 saturated heterocycles. The van der Waals surface area contributed by atoms with Crippen LogP contribution >= 0.6 is 0 Å². The number of nitrogens with zero attached hydrogens (tertiary/aromatic N) is 1. The van der Waals surface area contributed by atoms with E-state index in [1.54, 1.807) is 0 Å². The van der Waals surface area contributed by atoms with Gasteiger partial charge in [0.25, 0.3) is 0 Å². The molecular weight excluding hydrogens is 254 g/mol. The van der Waals surface area contributed by atoms with Crippen molar-refractivity contribution in [3.63, 3.8) is 0 Å². The van der Waals surface area contributed by atoms with Gasteiger partial charge in [0.2, 0.25) is 5.82 Å². The fourth-order valence-electron chi connectivity index (χ4n) is 2.65. The van der Waals surface area contributed by atoms with Crippen molar-refractivity contribution in [1.29, 1.82) is 0 Å². The third-order valence-electron chi connectivity index (χ3n) is 3.80. The predicted octanol–water partition coefficient (Wildman–Crippen LogP) is 3.72. The number of benzene rings is 1. The van der Waals surface area contributed by atoms with Crippen molar-refractivity contribution in [3.05, 3.63) is 33.9 Å². The van der Waals surface area contributed by atoms with Gasteiger partial charge in [-0.25, -0.2) is 4.39 Å². The first-order valence-electron chi connectivity index (χ1n) is 6.36. The molecule has 4 nitrogen and oxygen atoms in total. The van der Waals surface area contributed by atoms with Crippen LogP contribution in [0.2, 0.25) is 0 Å². The maximum atomic E-state index is 13.4. The highest BCUT2D eigenvalue weighted by Crippen LogP contribution is 2.33. The van der Waals surface area contributed by atoms with Gasteiger partial charge >= 0.3 is 5.69 Å². The van der Waals surface area contributed by atoms with Crippen LogP contribution < -0.4 is 5.32 Å². The topological polar surface area (TPSA) is 55.2 Å². The lowest BCUT2D eigenvalue weighted by atomic mass is 9.98. The zero-order valence-electron chi connectivity index (χ0n) is 10.7. The van der Waals surface area contributed by atoms with E-state index < -0.39 is 22.2 Å². The number of nitro benzene ring substituents is 1. The summed E-state index contributed by atoms with van der Waals surface area (Å²) in [6, 6.07) is 1.50. The fraction of sp³-hybridized carbons (Fsp3) is 0.538. The molecule has 19 heavy (non-hydrogen) atoms. The molecule has 1 fully saturated rings. The van der Waals surface area contributed by atoms with E-state index in [0.717, 1.165) is 25.3 Å². The van der Waals surface area contributed by atoms with Crippen molar-refractivity contribution in [2.24, 2.45) is 11.8 Å². The summed E-state index contributed by atoms with van der Waals surface area (Å²) in [6.07, 6.45) is 3.30. The van der Waals surface area contributed by atoms with Gasteiger partial charge in [-0.3, -0.25) is 10.1 Å². The normalized spacial score (nSPS) is 22.5. The monoisotopic (exact) mass is 270 g/mol. The van der Waals surface area contributed by atoms with Crippen LogP contribution in [0.3, 0.4) is 0 Å². The highest BCUT2D eigenvalue weighted by molar-refractivity contribution is 5.62. The molecule has 0 aromatic heterocycles. The second-order valence-corrected chi connectivity index (χ2v) is 5.09. The van der Waals surface area contributed by atoms with E-state index in [1.807, 2.05) is 0 Å². The Hall–Kier alpha value is -1.72. The molecule has 2 atom stereocenters. The zero-order valence-corrected chi connectivity index (χ0v) is 10.7. The molecule has 2 rings (SSSR count). The SMILES string of the molecule is CC1CCCC1CNc1cc(F)cc(F)c1[N+](=O)[O-]. The zero-order chi connectivity index (χ0) is 14.0. The van der Waals surface area contributed by atoms with E-state index in [4.69, 9.17) is 0 Å². The van der Waals surface area contributed by atoms with Gasteiger partial charge in [-0.2, -0.15) is 4.39 Å². The first-order valence-corrected chi connectivity index (χ1v) is 6.36. The lowest BCUT2D eigenvalue weighted by Crippen LogP contribution is -2.17. The van der Waals surface area contributed by atoms with E-state index in [9.17, 15) is 18.9 Å². The summed E-state index contributed by atoms with van der Waals surface area (Å²) in [4.78, 5) is 9.99. The van der Waals surface area contributed by atoms with Crippen LogP contribution in [0.25, 0.3) is 0 Å². The number of hydrogen-bond acceptors (Lipinski definition) is 3. The molecule has 1 aromatic rings. The molecule has 1 N–H and O–H groups in total. The maximum absolute atomic E-state index is 13.4. The third-order valence-corrected chi connectivity index (χ3v) is 3.80. The highest BCUT2D eigenvalue weighted by Gasteiger charge is 2.26. The van der Waals surface area contributed by atoms with Crippen molar-refractivity contribution in [2.75, 3.05) is 11.9 Å². The van der Waals surface area contributed by atoms with Gasteiger partial charge in [0, 0.05) is 18.7 Å². The van der Waals surface area contributed by atoms with Crippen LogP contribution in [0.4, 0.5) is 20.2 Å². The average molecular weight is 270 g/mol. The predicted molar refractivity (Wildman–Crippen MR) is 68.0 cm³/mol. The molecule has 1 aliphatic rings. The van der Waals surface area contributed by atoms with Crippen molar-refractivity contribution < 1.29 is 13.7 Å². The van der Waals surface area contributed by atoms with Crippen molar-refractivity contribution >= 4 is 11.4 Å². The molecule has 1 aliphatic carbocycles. The second kappa shape index (κ2) is 5.50. The van der Waals surface area contributed by atoms with Gasteiger partial charge in [-0.15, -0.1) is 0 Å². The summed E-state index contributed by atoms with van der Waals surface area (Å²) in [7, 11) is 0. The van der Waals surface area contributed by atoms with Gasteiger partial charge in [-0.05, 0) is 18.3 Å². The number of nitrogens with one attached hydrogen (secondary N) is 1. The fourth-order valence-corrected chi connectivity index (χ4v) is 2.65. The number of hydrogen-bond donors (Lipinski definition) is 1. The summed E-state index contributed by atoms with van der Waals surface area (Å²) in [5, 5.41) is 13.6. The molecule has 0 amide bonds. The first-order chi connectivity index (χ1) is 8.99. The van der Waals surface area contributed by atoms with E-state index in [-0.39, 0.29) is 5.69 Å². The first kappa shape index (κ1) is 13.7. The molecule has 6 heteroatoms. The Balaban J connectivity index is 2.17. The van der Waals surface area contributed by atoms with Gasteiger partial charge in [-0.1, -0.05) is 19.8 Å². The molecule has 0 spiro atoms. The Morgan fingerprint density at radius 3 is 2.74 bits per heavy atom. The maximum Gasteiger partial charge on any atom is 0.327 e. The van der Waals surface area contributed by atoms with Gasteiger partial charge in [0.05, 0.1) is 4.92 Å². The molecule has 0 radical (unpaired) electrons. The summed E-state index contributed by atoms with van der Waals surface area (Å²) < 4.78 is 26.6. The Morgan fingerprint density at radius 1 is 1.42 bits per heavy atom. The van der Waals surface area contributed by atoms with E-state index >= 15 is 0 Å². The molecule has 104 valence electrons. The van der Waals surface area contributed by atoms with Gasteiger partial charge in [0.15, 0.2) is 0 Å². The molecular formula is C13H16F2N2O2. The van der Waals surface area contributed by atoms with Crippen LogP contribution in [0.5, 0.6) is 0 Å². The van der Waals surface area contributed by atoms with Crippen molar-refractivity contribution in [2.45, 2.75) is 26.2 Å². The minimum absolute atomic E-state index is 0.0819. The van der Waals surface area contributed by atoms with Crippen molar-refractivity contribution in [3.8, 4) is 0 Å². The quantitative estimate of drug-likeness (QED) is 0.670. The highest BCUT2D eigenvalue weighted by atomic mass is 19.1. The number of nitro groups is 1. The number of rotatable bonds is 4.